The van der Waals surface area contributed by atoms with E-state index >= 15 is 0 Å². The highest BCUT2D eigenvalue weighted by atomic mass is 16.5. The summed E-state index contributed by atoms with van der Waals surface area (Å²) in [5.41, 5.74) is 18.7. The van der Waals surface area contributed by atoms with Crippen molar-refractivity contribution in [2.45, 2.75) is 77.6 Å². The highest BCUT2D eigenvalue weighted by molar-refractivity contribution is 6.98. The molecule has 0 atom stereocenters. The molecule has 11 nitrogen and oxygen atoms in total. The molecule has 0 saturated carbocycles. The van der Waals surface area contributed by atoms with Gasteiger partial charge in [-0.1, -0.05) is 249 Å². The van der Waals surface area contributed by atoms with E-state index in [1.165, 1.54) is 27.5 Å². The van der Waals surface area contributed by atoms with Gasteiger partial charge in [0.05, 0.1) is 44.1 Å². The van der Waals surface area contributed by atoms with E-state index in [0.717, 1.165) is 163 Å². The van der Waals surface area contributed by atoms with Crippen molar-refractivity contribution in [1.29, 1.82) is 0 Å². The van der Waals surface area contributed by atoms with Crippen molar-refractivity contribution >= 4 is 110 Å². The van der Waals surface area contributed by atoms with E-state index in [2.05, 4.69) is 364 Å². The fourth-order valence-corrected chi connectivity index (χ4v) is 17.7. The van der Waals surface area contributed by atoms with Gasteiger partial charge < -0.3 is 9.47 Å². The van der Waals surface area contributed by atoms with Crippen LogP contribution in [0, 0.1) is 0 Å². The predicted octanol–water partition coefficient (Wildman–Crippen LogP) is 21.4. The number of nitrogens with zero attached hydrogens (tertiary/aromatic N) is 9. The summed E-state index contributed by atoms with van der Waals surface area (Å²) >= 11 is 0. The van der Waals surface area contributed by atoms with Gasteiger partial charge in [0.15, 0.2) is 11.6 Å². The van der Waals surface area contributed by atoms with Crippen LogP contribution in [0.4, 0.5) is 0 Å². The molecule has 0 saturated heterocycles. The minimum atomic E-state index is -0.380. The molecule has 6 aromatic heterocycles. The van der Waals surface area contributed by atoms with Gasteiger partial charge in [0.1, 0.15) is 34.6 Å². The topological polar surface area (TPSA) is 103 Å². The SMILES string of the molecule is CC(C)(C)c1cccc(-c2nc(-n3c4ccccc4c4ccccc43)cc(-n3c4ccccc4c4ccc(CC(C)(C)c5cccc(-c6nc(-n7c8ccccc8c8ccccc87)nc(-n7c8ccccc8c8cc(CC(C)(C)c9cc%10c%11c(c9)Oc9ccccc9B%11c9ccccc9O%10)ccc87)n6)c5)cc43)n2)c1. The molecule has 19 aromatic rings. The van der Waals surface area contributed by atoms with Gasteiger partial charge in [-0.3, -0.25) is 18.3 Å². The maximum atomic E-state index is 6.80. The minimum absolute atomic E-state index is 0.0139. The highest BCUT2D eigenvalue weighted by Gasteiger charge is 2.41. The highest BCUT2D eigenvalue weighted by Crippen LogP contribution is 2.44. The van der Waals surface area contributed by atoms with E-state index < -0.39 is 0 Å². The van der Waals surface area contributed by atoms with E-state index in [1.54, 1.807) is 0 Å². The number of aromatic nitrogens is 9. The quantitative estimate of drug-likeness (QED) is 0.112. The lowest BCUT2D eigenvalue weighted by atomic mass is 9.35. The number of rotatable bonds is 12. The third-order valence-corrected chi connectivity index (χ3v) is 23.1. The Morgan fingerprint density at radius 2 is 0.670 bits per heavy atom. The van der Waals surface area contributed by atoms with Crippen molar-refractivity contribution in [3.8, 4) is 69.3 Å². The molecule has 0 radical (unpaired) electrons. The molecule has 13 aromatic carbocycles. The van der Waals surface area contributed by atoms with Gasteiger partial charge in [-0.2, -0.15) is 15.0 Å². The van der Waals surface area contributed by atoms with Crippen LogP contribution in [0.3, 0.4) is 0 Å². The predicted molar refractivity (Wildman–Crippen MR) is 446 cm³/mol. The van der Waals surface area contributed by atoms with Crippen molar-refractivity contribution in [2.24, 2.45) is 0 Å². The maximum absolute atomic E-state index is 6.80. The van der Waals surface area contributed by atoms with E-state index in [0.29, 0.717) is 23.5 Å². The van der Waals surface area contributed by atoms with E-state index in [4.69, 9.17) is 34.4 Å². The number of hydrogen-bond acceptors (Lipinski definition) is 7. The second-order valence-electron chi connectivity index (χ2n) is 31.9. The van der Waals surface area contributed by atoms with Gasteiger partial charge >= 0.3 is 0 Å². The fraction of sp³-hybridized carbons (Fsp3) is 0.124. The van der Waals surface area contributed by atoms with Crippen LogP contribution in [0.2, 0.25) is 0 Å². The lowest BCUT2D eigenvalue weighted by Crippen LogP contribution is -2.57. The molecule has 21 rings (SSSR count). The van der Waals surface area contributed by atoms with Crippen LogP contribution in [0.25, 0.3) is 134 Å². The number of benzene rings is 13. The zero-order chi connectivity index (χ0) is 73.2. The maximum Gasteiger partial charge on any atom is 0.260 e. The van der Waals surface area contributed by atoms with Crippen LogP contribution in [0.1, 0.15) is 76.3 Å². The first kappa shape index (κ1) is 64.2. The van der Waals surface area contributed by atoms with Gasteiger partial charge in [0.25, 0.3) is 6.71 Å². The summed E-state index contributed by atoms with van der Waals surface area (Å²) in [6, 6.07) is 107. The molecule has 0 unspecified atom stereocenters. The average Bonchev–Trinajstić information content (AvgIpc) is 1.51. The molecule has 0 N–H and O–H groups in total. The second kappa shape index (κ2) is 24.2. The van der Waals surface area contributed by atoms with Crippen LogP contribution in [0.15, 0.2) is 297 Å². The van der Waals surface area contributed by atoms with Crippen LogP contribution in [0.5, 0.6) is 23.0 Å². The Morgan fingerprint density at radius 1 is 0.284 bits per heavy atom. The Morgan fingerprint density at radius 3 is 1.17 bits per heavy atom. The molecule has 109 heavy (non-hydrogen) atoms. The first-order valence-electron chi connectivity index (χ1n) is 37.7. The van der Waals surface area contributed by atoms with Crippen LogP contribution in [-0.2, 0) is 29.1 Å². The molecule has 12 heteroatoms. The Kier molecular flexibility index (Phi) is 14.2. The minimum Gasteiger partial charge on any atom is -0.458 e. The van der Waals surface area contributed by atoms with Gasteiger partial charge in [-0.25, -0.2) is 9.97 Å². The van der Waals surface area contributed by atoms with Crippen LogP contribution < -0.4 is 25.9 Å². The first-order chi connectivity index (χ1) is 53.1. The van der Waals surface area contributed by atoms with Crippen molar-refractivity contribution in [1.82, 2.24) is 43.2 Å². The van der Waals surface area contributed by atoms with Crippen molar-refractivity contribution < 1.29 is 9.47 Å². The lowest BCUT2D eigenvalue weighted by Gasteiger charge is -2.35. The molecular weight excluding hydrogens is 1330 g/mol. The number of hydrogen-bond donors (Lipinski definition) is 0. The zero-order valence-corrected chi connectivity index (χ0v) is 61.6. The van der Waals surface area contributed by atoms with Gasteiger partial charge in [0, 0.05) is 65.7 Å². The van der Waals surface area contributed by atoms with Crippen molar-refractivity contribution in [3.05, 3.63) is 325 Å². The molecule has 0 spiro atoms. The van der Waals surface area contributed by atoms with E-state index in [9.17, 15) is 0 Å². The van der Waals surface area contributed by atoms with Crippen LogP contribution in [-0.4, -0.2) is 49.9 Å². The summed E-state index contributed by atoms with van der Waals surface area (Å²) in [6.45, 7) is 16.1. The van der Waals surface area contributed by atoms with E-state index in [1.807, 2.05) is 0 Å². The van der Waals surface area contributed by atoms with Gasteiger partial charge in [0.2, 0.25) is 11.9 Å². The Bertz CT molecular complexity index is 6850. The normalized spacial score (nSPS) is 12.9. The molecule has 8 heterocycles. The molecule has 0 bridgehead atoms. The Hall–Kier alpha value is -13.2. The first-order valence-corrected chi connectivity index (χ1v) is 37.7. The molecule has 2 aliphatic rings. The smallest absolute Gasteiger partial charge is 0.260 e. The third-order valence-electron chi connectivity index (χ3n) is 23.1. The monoisotopic (exact) mass is 1410 g/mol. The van der Waals surface area contributed by atoms with Gasteiger partial charge in [-0.15, -0.1) is 0 Å². The fourth-order valence-electron chi connectivity index (χ4n) is 17.7. The Labute approximate surface area is 631 Å². The summed E-state index contributed by atoms with van der Waals surface area (Å²) in [5.74, 6) is 7.32. The van der Waals surface area contributed by atoms with Gasteiger partial charge in [-0.05, 0) is 159 Å². The summed E-state index contributed by atoms with van der Waals surface area (Å²) in [7, 11) is 0. The van der Waals surface area contributed by atoms with Crippen molar-refractivity contribution in [3.63, 3.8) is 0 Å². The zero-order valence-electron chi connectivity index (χ0n) is 61.6. The molecule has 2 aliphatic heterocycles. The molecule has 0 amide bonds. The Balaban J connectivity index is 0.670. The third kappa shape index (κ3) is 10.4. The molecular formula is C97H74BN9O2. The lowest BCUT2D eigenvalue weighted by molar-refractivity contribution is 0.454. The summed E-state index contributed by atoms with van der Waals surface area (Å²) in [4.78, 5) is 27.9. The number of para-hydroxylation sites is 8. The largest absolute Gasteiger partial charge is 0.458 e. The second-order valence-corrected chi connectivity index (χ2v) is 31.9. The molecule has 0 fully saturated rings. The van der Waals surface area contributed by atoms with E-state index in [-0.39, 0.29) is 23.0 Å². The summed E-state index contributed by atoms with van der Waals surface area (Å²) in [6.07, 6.45) is 1.48. The number of ether oxygens (including phenoxy) is 2. The number of fused-ring (bicyclic) bond motifs is 16. The average molecular weight is 1410 g/mol. The standard InChI is InChI=1S/C97H74BN9O2/c1-95(2,3)63-28-24-26-61(52-63)91-99-88(104-76-38-16-8-30-66(76)67-31-9-17-39-77(67)104)56-89(100-91)105-78-40-18-10-34-70(78)72-48-46-60(51-83(72)105)58-96(4,5)64-29-25-27-62(53-64)92-101-93(106-79-41-19-11-32-68(79)69-33-12-20-42-80(69)106)103-94(102-92)107-81-43-21-13-35-71(81)73-50-59(47-49-82(73)107)57-97(6,7)65-54-86-90-87(55-65)109-85-45-23-15-37-75(85)98(90)74-36-14-22-44-84(74)108-86/h8-56H,57-58H2,1-7H3. The van der Waals surface area contributed by atoms with Crippen molar-refractivity contribution in [2.75, 3.05) is 0 Å². The van der Waals surface area contributed by atoms with Crippen LogP contribution >= 0.6 is 0 Å². The summed E-state index contributed by atoms with van der Waals surface area (Å²) < 4.78 is 22.7. The molecule has 522 valence electrons. The molecule has 0 aliphatic carbocycles. The summed E-state index contributed by atoms with van der Waals surface area (Å²) in [5, 5.41) is 9.12.